The summed E-state index contributed by atoms with van der Waals surface area (Å²) in [4.78, 5) is 12.9. The second kappa shape index (κ2) is 11.6. The van der Waals surface area contributed by atoms with Gasteiger partial charge in [0.25, 0.3) is 10.0 Å². The van der Waals surface area contributed by atoms with Gasteiger partial charge in [-0.1, -0.05) is 53.6 Å². The minimum Gasteiger partial charge on any atom is -0.354 e. The molecule has 7 heteroatoms. The van der Waals surface area contributed by atoms with Crippen LogP contribution in [0.1, 0.15) is 27.8 Å². The molecule has 1 amide bonds. The van der Waals surface area contributed by atoms with Gasteiger partial charge in [0.1, 0.15) is 6.54 Å². The van der Waals surface area contributed by atoms with Crippen molar-refractivity contribution >= 4 is 33.4 Å². The fourth-order valence-corrected chi connectivity index (χ4v) is 5.79. The van der Waals surface area contributed by atoms with Gasteiger partial charge in [-0.3, -0.25) is 9.10 Å². The molecule has 34 heavy (non-hydrogen) atoms. The van der Waals surface area contributed by atoms with Gasteiger partial charge < -0.3 is 5.32 Å². The Kier molecular flexibility index (Phi) is 8.80. The summed E-state index contributed by atoms with van der Waals surface area (Å²) in [5.41, 5.74) is 5.81. The summed E-state index contributed by atoms with van der Waals surface area (Å²) in [6.45, 7) is 7.99. The quantitative estimate of drug-likeness (QED) is 0.394. The largest absolute Gasteiger partial charge is 0.354 e. The van der Waals surface area contributed by atoms with E-state index in [-0.39, 0.29) is 17.3 Å². The van der Waals surface area contributed by atoms with Crippen LogP contribution in [0.4, 0.5) is 5.69 Å². The Morgan fingerprint density at radius 3 is 1.97 bits per heavy atom. The molecule has 0 aliphatic rings. The fourth-order valence-electron chi connectivity index (χ4n) is 3.57. The van der Waals surface area contributed by atoms with Crippen LogP contribution in [-0.4, -0.2) is 33.2 Å². The molecule has 0 fully saturated rings. The Morgan fingerprint density at radius 1 is 0.824 bits per heavy atom. The van der Waals surface area contributed by atoms with E-state index in [1.807, 2.05) is 26.8 Å². The smallest absolute Gasteiger partial charge is 0.264 e. The molecule has 3 aromatic rings. The van der Waals surface area contributed by atoms with Crippen LogP contribution < -0.4 is 9.62 Å². The third kappa shape index (κ3) is 7.11. The fraction of sp³-hybridized carbons (Fsp3) is 0.296. The third-order valence-electron chi connectivity index (χ3n) is 5.35. The lowest BCUT2D eigenvalue weighted by molar-refractivity contribution is -0.119. The first-order chi connectivity index (χ1) is 16.1. The van der Waals surface area contributed by atoms with Crippen molar-refractivity contribution in [3.05, 3.63) is 94.5 Å². The van der Waals surface area contributed by atoms with Crippen LogP contribution in [-0.2, 0) is 20.6 Å². The lowest BCUT2D eigenvalue weighted by Gasteiger charge is -2.25. The first-order valence-electron chi connectivity index (χ1n) is 11.2. The zero-order chi connectivity index (χ0) is 24.7. The summed E-state index contributed by atoms with van der Waals surface area (Å²) in [5.74, 6) is 1.28. The standard InChI is InChI=1S/C27H32N2O3S2/c1-20-5-9-24(10-6-20)19-33-14-13-28-27(30)18-29(25-16-22(3)15-23(4)17-25)34(31,32)26-11-7-21(2)8-12-26/h5-12,15-17H,13-14,18-19H2,1-4H3,(H,28,30). The van der Waals surface area contributed by atoms with Gasteiger partial charge in [-0.15, -0.1) is 0 Å². The maximum atomic E-state index is 13.5. The Hall–Kier alpha value is -2.77. The number of sulfonamides is 1. The van der Waals surface area contributed by atoms with E-state index in [9.17, 15) is 13.2 Å². The van der Waals surface area contributed by atoms with Gasteiger partial charge >= 0.3 is 0 Å². The van der Waals surface area contributed by atoms with Crippen molar-refractivity contribution in [3.63, 3.8) is 0 Å². The van der Waals surface area contributed by atoms with Crippen molar-refractivity contribution in [2.24, 2.45) is 0 Å². The number of nitrogens with one attached hydrogen (secondary N) is 1. The number of anilines is 1. The molecule has 0 bridgehead atoms. The molecular formula is C27H32N2O3S2. The number of hydrogen-bond acceptors (Lipinski definition) is 4. The predicted molar refractivity (Wildman–Crippen MR) is 142 cm³/mol. The van der Waals surface area contributed by atoms with Gasteiger partial charge in [-0.2, -0.15) is 11.8 Å². The molecule has 180 valence electrons. The topological polar surface area (TPSA) is 66.5 Å². The predicted octanol–water partition coefficient (Wildman–Crippen LogP) is 5.17. The average molecular weight is 497 g/mol. The lowest BCUT2D eigenvalue weighted by Crippen LogP contribution is -2.41. The summed E-state index contributed by atoms with van der Waals surface area (Å²) < 4.78 is 28.2. The summed E-state index contributed by atoms with van der Waals surface area (Å²) in [6.07, 6.45) is 0. The number of thioether (sulfide) groups is 1. The number of aryl methyl sites for hydroxylation is 4. The van der Waals surface area contributed by atoms with Crippen LogP contribution in [0.3, 0.4) is 0 Å². The SMILES string of the molecule is Cc1ccc(CSCCNC(=O)CN(c2cc(C)cc(C)c2)S(=O)(=O)c2ccc(C)cc2)cc1. The Morgan fingerprint density at radius 2 is 1.38 bits per heavy atom. The van der Waals surface area contributed by atoms with E-state index in [1.165, 1.54) is 15.4 Å². The molecule has 0 saturated heterocycles. The number of carbonyl (C=O) groups is 1. The zero-order valence-electron chi connectivity index (χ0n) is 20.2. The molecule has 5 nitrogen and oxygen atoms in total. The molecule has 3 aromatic carbocycles. The van der Waals surface area contributed by atoms with Gasteiger partial charge in [0.2, 0.25) is 5.91 Å². The molecule has 1 N–H and O–H groups in total. The highest BCUT2D eigenvalue weighted by Crippen LogP contribution is 2.26. The number of nitrogens with zero attached hydrogens (tertiary/aromatic N) is 1. The van der Waals surface area contributed by atoms with Crippen molar-refractivity contribution in [3.8, 4) is 0 Å². The zero-order valence-corrected chi connectivity index (χ0v) is 21.8. The molecule has 0 radical (unpaired) electrons. The Labute approximate surface area is 207 Å². The van der Waals surface area contributed by atoms with Gasteiger partial charge in [0.05, 0.1) is 10.6 Å². The average Bonchev–Trinajstić information content (AvgIpc) is 2.78. The second-order valence-corrected chi connectivity index (χ2v) is 11.5. The minimum atomic E-state index is -3.91. The Bertz CT molecular complexity index is 1200. The lowest BCUT2D eigenvalue weighted by atomic mass is 10.1. The monoisotopic (exact) mass is 496 g/mol. The molecule has 0 aliphatic heterocycles. The van der Waals surface area contributed by atoms with Gasteiger partial charge in [-0.05, 0) is 68.7 Å². The third-order valence-corrected chi connectivity index (χ3v) is 8.17. The molecule has 0 atom stereocenters. The van der Waals surface area contributed by atoms with E-state index in [4.69, 9.17) is 0 Å². The summed E-state index contributed by atoms with van der Waals surface area (Å²) >= 11 is 1.73. The van der Waals surface area contributed by atoms with Crippen LogP contribution in [0.25, 0.3) is 0 Å². The molecule has 0 saturated carbocycles. The molecule has 3 rings (SSSR count). The van der Waals surface area contributed by atoms with Crippen LogP contribution in [0.2, 0.25) is 0 Å². The second-order valence-electron chi connectivity index (χ2n) is 8.56. The molecule has 0 heterocycles. The highest BCUT2D eigenvalue weighted by molar-refractivity contribution is 7.98. The molecular weight excluding hydrogens is 464 g/mol. The van der Waals surface area contributed by atoms with Crippen molar-refractivity contribution < 1.29 is 13.2 Å². The van der Waals surface area contributed by atoms with Crippen LogP contribution in [0.15, 0.2) is 71.6 Å². The molecule has 0 aliphatic carbocycles. The highest BCUT2D eigenvalue weighted by Gasteiger charge is 2.27. The summed E-state index contributed by atoms with van der Waals surface area (Å²) in [7, 11) is -3.91. The summed E-state index contributed by atoms with van der Waals surface area (Å²) in [5, 5.41) is 2.87. The van der Waals surface area contributed by atoms with E-state index in [0.717, 1.165) is 28.2 Å². The Balaban J connectivity index is 1.68. The van der Waals surface area contributed by atoms with Gasteiger partial charge in [0, 0.05) is 18.1 Å². The maximum absolute atomic E-state index is 13.5. The number of carbonyl (C=O) groups excluding carboxylic acids is 1. The van der Waals surface area contributed by atoms with Crippen molar-refractivity contribution in [2.75, 3.05) is 23.1 Å². The number of rotatable bonds is 10. The molecule has 0 unspecified atom stereocenters. The maximum Gasteiger partial charge on any atom is 0.264 e. The van der Waals surface area contributed by atoms with Crippen molar-refractivity contribution in [2.45, 2.75) is 38.3 Å². The van der Waals surface area contributed by atoms with Gasteiger partial charge in [0.15, 0.2) is 0 Å². The first-order valence-corrected chi connectivity index (χ1v) is 13.8. The van der Waals surface area contributed by atoms with Gasteiger partial charge in [-0.25, -0.2) is 8.42 Å². The van der Waals surface area contributed by atoms with E-state index in [0.29, 0.717) is 12.2 Å². The van der Waals surface area contributed by atoms with Crippen molar-refractivity contribution in [1.29, 1.82) is 0 Å². The molecule has 0 aromatic heterocycles. The number of amides is 1. The number of hydrogen-bond donors (Lipinski definition) is 1. The van der Waals surface area contributed by atoms with Crippen LogP contribution in [0, 0.1) is 27.7 Å². The summed E-state index contributed by atoms with van der Waals surface area (Å²) in [6, 6.07) is 20.7. The van der Waals surface area contributed by atoms with E-state index >= 15 is 0 Å². The molecule has 0 spiro atoms. The first kappa shape index (κ1) is 25.8. The number of benzene rings is 3. The van der Waals surface area contributed by atoms with E-state index < -0.39 is 10.0 Å². The minimum absolute atomic E-state index is 0.165. The highest BCUT2D eigenvalue weighted by atomic mass is 32.2. The van der Waals surface area contributed by atoms with E-state index in [1.54, 1.807) is 48.2 Å². The van der Waals surface area contributed by atoms with Crippen LogP contribution >= 0.6 is 11.8 Å². The normalized spacial score (nSPS) is 11.3. The van der Waals surface area contributed by atoms with E-state index in [2.05, 4.69) is 36.5 Å². The van der Waals surface area contributed by atoms with Crippen molar-refractivity contribution in [1.82, 2.24) is 5.32 Å². The van der Waals surface area contributed by atoms with Crippen LogP contribution in [0.5, 0.6) is 0 Å².